The van der Waals surface area contributed by atoms with Crippen molar-refractivity contribution >= 4 is 38.3 Å². The summed E-state index contributed by atoms with van der Waals surface area (Å²) in [6.45, 7) is 7.18. The van der Waals surface area contributed by atoms with Crippen LogP contribution in [0.1, 0.15) is 25.1 Å². The summed E-state index contributed by atoms with van der Waals surface area (Å²) in [5.74, 6) is -0.296. The van der Waals surface area contributed by atoms with E-state index >= 15 is 0 Å². The van der Waals surface area contributed by atoms with Crippen molar-refractivity contribution in [2.24, 2.45) is 0 Å². The fourth-order valence-corrected chi connectivity index (χ4v) is 4.16. The van der Waals surface area contributed by atoms with Crippen molar-refractivity contribution in [2.75, 3.05) is 16.6 Å². The molecule has 0 saturated carbocycles. The second-order valence-corrected chi connectivity index (χ2v) is 8.25. The molecular formula is C20H23N3O5S. The molecule has 1 aromatic heterocycles. The summed E-state index contributed by atoms with van der Waals surface area (Å²) in [7, 11) is -3.92. The van der Waals surface area contributed by atoms with Gasteiger partial charge in [0, 0.05) is 22.0 Å². The van der Waals surface area contributed by atoms with Crippen LogP contribution in [0.25, 0.3) is 10.8 Å². The second kappa shape index (κ2) is 8.12. The Bertz CT molecular complexity index is 1150. The van der Waals surface area contributed by atoms with Crippen LogP contribution in [0.3, 0.4) is 0 Å². The van der Waals surface area contributed by atoms with Crippen LogP contribution in [0.2, 0.25) is 0 Å². The average Bonchev–Trinajstić information content (AvgIpc) is 2.99. The summed E-state index contributed by atoms with van der Waals surface area (Å²) in [6.07, 6.45) is 0. The predicted octanol–water partition coefficient (Wildman–Crippen LogP) is 3.61. The third kappa shape index (κ3) is 4.19. The third-order valence-corrected chi connectivity index (χ3v) is 5.96. The van der Waals surface area contributed by atoms with Gasteiger partial charge in [-0.05, 0) is 39.8 Å². The van der Waals surface area contributed by atoms with Crippen molar-refractivity contribution in [3.63, 3.8) is 0 Å². The van der Waals surface area contributed by atoms with Gasteiger partial charge in [0.25, 0.3) is 10.0 Å². The number of rotatable bonds is 7. The fraction of sp³-hybridized carbons (Fsp3) is 0.300. The van der Waals surface area contributed by atoms with Crippen LogP contribution in [0.4, 0.5) is 11.6 Å². The predicted molar refractivity (Wildman–Crippen MR) is 110 cm³/mol. The Kier molecular flexibility index (Phi) is 5.78. The number of ether oxygens (including phenoxy) is 1. The lowest BCUT2D eigenvalue weighted by Gasteiger charge is -2.17. The van der Waals surface area contributed by atoms with Gasteiger partial charge in [0.2, 0.25) is 5.88 Å². The van der Waals surface area contributed by atoms with Gasteiger partial charge in [-0.1, -0.05) is 29.4 Å². The second-order valence-electron chi connectivity index (χ2n) is 6.60. The molecule has 0 saturated heterocycles. The Balaban J connectivity index is 2.00. The number of esters is 1. The first-order chi connectivity index (χ1) is 13.7. The molecule has 0 aliphatic rings. The number of carbonyl (C=O) groups excluding carboxylic acids is 1. The number of sulfonamides is 1. The van der Waals surface area contributed by atoms with Crippen molar-refractivity contribution in [2.45, 2.75) is 38.6 Å². The number of nitrogens with one attached hydrogen (secondary N) is 2. The molecule has 0 bridgehead atoms. The van der Waals surface area contributed by atoms with Crippen LogP contribution < -0.4 is 10.0 Å². The Morgan fingerprint density at radius 1 is 1.17 bits per heavy atom. The van der Waals surface area contributed by atoms with Crippen molar-refractivity contribution in [1.82, 2.24) is 5.16 Å². The summed E-state index contributed by atoms with van der Waals surface area (Å²) in [5, 5.41) is 8.04. The minimum Gasteiger partial charge on any atom is -0.464 e. The maximum absolute atomic E-state index is 13.0. The first kappa shape index (κ1) is 20.7. The standard InChI is InChI=1S/C20H23N3O5S/c1-5-27-20(24)14(4)21-17-10-6-9-16-15(17)8-7-11-18(16)29(25,26)23-19-12(2)13(3)22-28-19/h6-11,14,21,23H,5H2,1-4H3. The van der Waals surface area contributed by atoms with Crippen LogP contribution in [-0.2, 0) is 19.6 Å². The van der Waals surface area contributed by atoms with Crippen molar-refractivity contribution in [3.8, 4) is 0 Å². The van der Waals surface area contributed by atoms with Gasteiger partial charge in [-0.3, -0.25) is 0 Å². The molecular weight excluding hydrogens is 394 g/mol. The molecule has 0 amide bonds. The topological polar surface area (TPSA) is 111 Å². The molecule has 3 rings (SSSR count). The van der Waals surface area contributed by atoms with Gasteiger partial charge in [-0.15, -0.1) is 0 Å². The van der Waals surface area contributed by atoms with E-state index in [9.17, 15) is 13.2 Å². The van der Waals surface area contributed by atoms with Gasteiger partial charge in [0.05, 0.1) is 17.2 Å². The van der Waals surface area contributed by atoms with Crippen LogP contribution >= 0.6 is 0 Å². The van der Waals surface area contributed by atoms with Gasteiger partial charge in [-0.2, -0.15) is 0 Å². The highest BCUT2D eigenvalue weighted by molar-refractivity contribution is 7.93. The summed E-state index contributed by atoms with van der Waals surface area (Å²) in [4.78, 5) is 12.0. The van der Waals surface area contributed by atoms with Gasteiger partial charge in [0.1, 0.15) is 6.04 Å². The van der Waals surface area contributed by atoms with Crippen molar-refractivity contribution in [1.29, 1.82) is 0 Å². The van der Waals surface area contributed by atoms with Crippen molar-refractivity contribution in [3.05, 3.63) is 47.7 Å². The quantitative estimate of drug-likeness (QED) is 0.565. The largest absolute Gasteiger partial charge is 0.464 e. The molecule has 154 valence electrons. The molecule has 1 unspecified atom stereocenters. The highest BCUT2D eigenvalue weighted by Gasteiger charge is 2.22. The fourth-order valence-electron chi connectivity index (χ4n) is 2.89. The summed E-state index contributed by atoms with van der Waals surface area (Å²) < 4.78 is 38.6. The Morgan fingerprint density at radius 3 is 2.52 bits per heavy atom. The zero-order valence-electron chi connectivity index (χ0n) is 16.6. The maximum Gasteiger partial charge on any atom is 0.328 e. The first-order valence-corrected chi connectivity index (χ1v) is 10.6. The SMILES string of the molecule is CCOC(=O)C(C)Nc1cccc2c(S(=O)(=O)Nc3onc(C)c3C)cccc12. The molecule has 1 atom stereocenters. The number of carbonyl (C=O) groups is 1. The number of nitrogens with zero attached hydrogens (tertiary/aromatic N) is 1. The smallest absolute Gasteiger partial charge is 0.328 e. The van der Waals surface area contributed by atoms with E-state index in [0.717, 1.165) is 0 Å². The minimum atomic E-state index is -3.92. The number of aromatic nitrogens is 1. The number of hydrogen-bond donors (Lipinski definition) is 2. The third-order valence-electron chi connectivity index (χ3n) is 4.57. The normalized spacial score (nSPS) is 12.6. The van der Waals surface area contributed by atoms with E-state index in [1.807, 2.05) is 0 Å². The lowest BCUT2D eigenvalue weighted by Crippen LogP contribution is -2.28. The van der Waals surface area contributed by atoms with Crippen LogP contribution in [-0.4, -0.2) is 32.2 Å². The number of anilines is 2. The molecule has 2 N–H and O–H groups in total. The Morgan fingerprint density at radius 2 is 1.86 bits per heavy atom. The molecule has 3 aromatic rings. The molecule has 8 nitrogen and oxygen atoms in total. The zero-order chi connectivity index (χ0) is 21.2. The molecule has 0 aliphatic carbocycles. The van der Waals surface area contributed by atoms with E-state index in [2.05, 4.69) is 15.2 Å². The highest BCUT2D eigenvalue weighted by Crippen LogP contribution is 2.31. The summed E-state index contributed by atoms with van der Waals surface area (Å²) in [5.41, 5.74) is 1.87. The molecule has 2 aromatic carbocycles. The van der Waals surface area contributed by atoms with E-state index in [1.165, 1.54) is 6.07 Å². The van der Waals surface area contributed by atoms with Gasteiger partial charge < -0.3 is 14.6 Å². The first-order valence-electron chi connectivity index (χ1n) is 9.15. The van der Waals surface area contributed by atoms with Crippen molar-refractivity contribution < 1.29 is 22.5 Å². The Labute approximate surface area is 169 Å². The molecule has 0 spiro atoms. The zero-order valence-corrected chi connectivity index (χ0v) is 17.5. The summed E-state index contributed by atoms with van der Waals surface area (Å²) in [6, 6.07) is 9.59. The van der Waals surface area contributed by atoms with Crippen LogP contribution in [0, 0.1) is 13.8 Å². The Hall–Kier alpha value is -3.07. The van der Waals surface area contributed by atoms with Gasteiger partial charge >= 0.3 is 5.97 Å². The van der Waals surface area contributed by atoms with E-state index in [4.69, 9.17) is 9.26 Å². The molecule has 0 radical (unpaired) electrons. The lowest BCUT2D eigenvalue weighted by atomic mass is 10.1. The van der Waals surface area contributed by atoms with Crippen LogP contribution in [0.15, 0.2) is 45.8 Å². The monoisotopic (exact) mass is 417 g/mol. The summed E-state index contributed by atoms with van der Waals surface area (Å²) >= 11 is 0. The number of hydrogen-bond acceptors (Lipinski definition) is 7. The number of fused-ring (bicyclic) bond motifs is 1. The average molecular weight is 417 g/mol. The van der Waals surface area contributed by atoms with E-state index in [0.29, 0.717) is 27.7 Å². The van der Waals surface area contributed by atoms with E-state index in [-0.39, 0.29) is 23.4 Å². The molecule has 29 heavy (non-hydrogen) atoms. The molecule has 0 fully saturated rings. The molecule has 1 heterocycles. The van der Waals surface area contributed by atoms with E-state index < -0.39 is 16.1 Å². The highest BCUT2D eigenvalue weighted by atomic mass is 32.2. The minimum absolute atomic E-state index is 0.0877. The lowest BCUT2D eigenvalue weighted by molar-refractivity contribution is -0.143. The number of benzene rings is 2. The van der Waals surface area contributed by atoms with Gasteiger partial charge in [0.15, 0.2) is 0 Å². The van der Waals surface area contributed by atoms with E-state index in [1.54, 1.807) is 58.0 Å². The number of aryl methyl sites for hydroxylation is 1. The maximum atomic E-state index is 13.0. The van der Waals surface area contributed by atoms with Gasteiger partial charge in [-0.25, -0.2) is 17.9 Å². The van der Waals surface area contributed by atoms with Crippen LogP contribution in [0.5, 0.6) is 0 Å². The molecule has 0 aliphatic heterocycles. The molecule has 9 heteroatoms.